The number of carbonyl (C=O) groups is 1. The van der Waals surface area contributed by atoms with Crippen LogP contribution in [0.1, 0.15) is 53.8 Å². The third-order valence-electron chi connectivity index (χ3n) is 5.62. The highest BCUT2D eigenvalue weighted by molar-refractivity contribution is 7.10. The Labute approximate surface area is 113 Å². The second-order valence-corrected chi connectivity index (χ2v) is 8.04. The molecule has 96 valence electrons. The summed E-state index contributed by atoms with van der Waals surface area (Å²) in [5.74, 6) is 3.07. The molecule has 5 rings (SSSR count). The van der Waals surface area contributed by atoms with Crippen molar-refractivity contribution in [2.24, 2.45) is 23.2 Å². The minimum Gasteiger partial charge on any atom is -0.294 e. The minimum atomic E-state index is 0.0422. The summed E-state index contributed by atoms with van der Waals surface area (Å²) in [6, 6.07) is 2.06. The van der Waals surface area contributed by atoms with Crippen molar-refractivity contribution < 1.29 is 4.79 Å². The Morgan fingerprint density at radius 3 is 2.17 bits per heavy atom. The molecule has 1 aromatic heterocycles. The van der Waals surface area contributed by atoms with Gasteiger partial charge >= 0.3 is 0 Å². The summed E-state index contributed by atoms with van der Waals surface area (Å²) >= 11 is 1.72. The number of carbonyl (C=O) groups excluding carboxylic acids is 1. The monoisotopic (exact) mass is 260 g/mol. The van der Waals surface area contributed by atoms with Crippen molar-refractivity contribution in [1.29, 1.82) is 0 Å². The van der Waals surface area contributed by atoms with Crippen LogP contribution in [0.5, 0.6) is 0 Å². The molecule has 0 atom stereocenters. The van der Waals surface area contributed by atoms with Gasteiger partial charge in [-0.15, -0.1) is 11.3 Å². The Hall–Kier alpha value is -0.630. The molecule has 4 fully saturated rings. The van der Waals surface area contributed by atoms with Crippen LogP contribution < -0.4 is 0 Å². The lowest BCUT2D eigenvalue weighted by molar-refractivity contribution is -0.0353. The number of aryl methyl sites for hydroxylation is 1. The summed E-state index contributed by atoms with van der Waals surface area (Å²) in [4.78, 5) is 14.2. The van der Waals surface area contributed by atoms with Crippen LogP contribution in [0.4, 0.5) is 0 Å². The maximum Gasteiger partial charge on any atom is 0.170 e. The number of hydrogen-bond acceptors (Lipinski definition) is 2. The van der Waals surface area contributed by atoms with E-state index in [2.05, 4.69) is 18.4 Å². The molecule has 0 radical (unpaired) electrons. The fourth-order valence-electron chi connectivity index (χ4n) is 5.29. The van der Waals surface area contributed by atoms with E-state index < -0.39 is 0 Å². The zero-order chi connectivity index (χ0) is 12.3. The zero-order valence-electron chi connectivity index (χ0n) is 10.9. The van der Waals surface area contributed by atoms with Gasteiger partial charge < -0.3 is 0 Å². The highest BCUT2D eigenvalue weighted by atomic mass is 32.1. The van der Waals surface area contributed by atoms with E-state index in [1.54, 1.807) is 11.3 Å². The molecule has 0 amide bonds. The maximum absolute atomic E-state index is 13.0. The molecule has 4 bridgehead atoms. The van der Waals surface area contributed by atoms with Gasteiger partial charge in [0.1, 0.15) is 0 Å². The van der Waals surface area contributed by atoms with Gasteiger partial charge in [0.2, 0.25) is 0 Å². The van der Waals surface area contributed by atoms with E-state index in [1.165, 1.54) is 43.4 Å². The Balaban J connectivity index is 1.72. The highest BCUT2D eigenvalue weighted by Crippen LogP contribution is 2.61. The molecule has 4 aliphatic carbocycles. The van der Waals surface area contributed by atoms with Crippen molar-refractivity contribution in [2.75, 3.05) is 0 Å². The normalized spacial score (nSPS) is 41.3. The fourth-order valence-corrected chi connectivity index (χ4v) is 5.99. The Morgan fingerprint density at radius 2 is 1.72 bits per heavy atom. The molecule has 4 saturated carbocycles. The number of hydrogen-bond donors (Lipinski definition) is 0. The second kappa shape index (κ2) is 3.69. The molecule has 2 heteroatoms. The van der Waals surface area contributed by atoms with Crippen LogP contribution in [0.3, 0.4) is 0 Å². The van der Waals surface area contributed by atoms with Gasteiger partial charge in [-0.25, -0.2) is 0 Å². The third-order valence-corrected chi connectivity index (χ3v) is 6.47. The summed E-state index contributed by atoms with van der Waals surface area (Å²) in [6.45, 7) is 2.10. The fraction of sp³-hybridized carbons (Fsp3) is 0.688. The van der Waals surface area contributed by atoms with Crippen molar-refractivity contribution in [1.82, 2.24) is 0 Å². The van der Waals surface area contributed by atoms with Gasteiger partial charge in [0.25, 0.3) is 0 Å². The van der Waals surface area contributed by atoms with E-state index >= 15 is 0 Å². The van der Waals surface area contributed by atoms with Crippen LogP contribution in [-0.4, -0.2) is 5.78 Å². The van der Waals surface area contributed by atoms with Gasteiger partial charge in [0.15, 0.2) is 5.78 Å². The van der Waals surface area contributed by atoms with E-state index in [0.717, 1.165) is 23.3 Å². The van der Waals surface area contributed by atoms with Crippen LogP contribution >= 0.6 is 11.3 Å². The second-order valence-electron chi connectivity index (χ2n) is 6.92. The standard InChI is InChI=1S/C16H20OS/c1-10-14(2-3-18-10)15(17)16-7-11-4-12(8-16)6-13(5-11)9-16/h2-3,11-13H,4-9H2,1H3. The molecule has 1 nitrogen and oxygen atoms in total. The van der Waals surface area contributed by atoms with E-state index in [1.807, 2.05) is 0 Å². The summed E-state index contributed by atoms with van der Waals surface area (Å²) < 4.78 is 0. The number of rotatable bonds is 2. The summed E-state index contributed by atoms with van der Waals surface area (Å²) in [5, 5.41) is 2.07. The van der Waals surface area contributed by atoms with Gasteiger partial charge in [-0.2, -0.15) is 0 Å². The van der Waals surface area contributed by atoms with Crippen LogP contribution in [-0.2, 0) is 0 Å². The SMILES string of the molecule is Cc1sccc1C(=O)C12CC3CC(CC(C3)C1)C2. The molecule has 0 spiro atoms. The van der Waals surface area contributed by atoms with E-state index in [9.17, 15) is 4.79 Å². The van der Waals surface area contributed by atoms with Crippen LogP contribution in [0.15, 0.2) is 11.4 Å². The average molecular weight is 260 g/mol. The lowest BCUT2D eigenvalue weighted by Gasteiger charge is -2.55. The van der Waals surface area contributed by atoms with Gasteiger partial charge in [-0.05, 0) is 74.6 Å². The summed E-state index contributed by atoms with van der Waals surface area (Å²) in [5.41, 5.74) is 1.07. The first-order chi connectivity index (χ1) is 8.66. The molecule has 0 N–H and O–H groups in total. The first-order valence-corrected chi connectivity index (χ1v) is 8.13. The van der Waals surface area contributed by atoms with Crippen LogP contribution in [0.2, 0.25) is 0 Å². The first-order valence-electron chi connectivity index (χ1n) is 7.25. The lowest BCUT2D eigenvalue weighted by Crippen LogP contribution is -2.50. The van der Waals surface area contributed by atoms with Gasteiger partial charge in [-0.1, -0.05) is 0 Å². The van der Waals surface area contributed by atoms with Gasteiger partial charge in [0, 0.05) is 15.9 Å². The smallest absolute Gasteiger partial charge is 0.170 e. The predicted octanol–water partition coefficient (Wildman–Crippen LogP) is 4.46. The van der Waals surface area contributed by atoms with Gasteiger partial charge in [0.05, 0.1) is 0 Å². The first kappa shape index (κ1) is 11.2. The van der Waals surface area contributed by atoms with E-state index in [4.69, 9.17) is 0 Å². The van der Waals surface area contributed by atoms with Crippen LogP contribution in [0, 0.1) is 30.1 Å². The molecular formula is C16H20OS. The number of ketones is 1. The van der Waals surface area contributed by atoms with Crippen molar-refractivity contribution >= 4 is 17.1 Å². The van der Waals surface area contributed by atoms with Crippen molar-refractivity contribution in [3.8, 4) is 0 Å². The number of thiophene rings is 1. The molecule has 0 aromatic carbocycles. The predicted molar refractivity (Wildman–Crippen MR) is 74.0 cm³/mol. The van der Waals surface area contributed by atoms with Crippen molar-refractivity contribution in [3.05, 3.63) is 21.9 Å². The maximum atomic E-state index is 13.0. The Morgan fingerprint density at radius 1 is 1.17 bits per heavy atom. The van der Waals surface area contributed by atoms with Crippen LogP contribution in [0.25, 0.3) is 0 Å². The Bertz CT molecular complexity index is 464. The molecule has 0 unspecified atom stereocenters. The summed E-state index contributed by atoms with van der Waals surface area (Å²) in [6.07, 6.45) is 7.80. The topological polar surface area (TPSA) is 17.1 Å². The molecular weight excluding hydrogens is 240 g/mol. The molecule has 1 aromatic rings. The van der Waals surface area contributed by atoms with Crippen molar-refractivity contribution in [3.63, 3.8) is 0 Å². The van der Waals surface area contributed by atoms with Crippen molar-refractivity contribution in [2.45, 2.75) is 45.4 Å². The third kappa shape index (κ3) is 1.48. The molecule has 4 aliphatic rings. The average Bonchev–Trinajstić information content (AvgIpc) is 2.72. The summed E-state index contributed by atoms with van der Waals surface area (Å²) in [7, 11) is 0. The zero-order valence-corrected chi connectivity index (χ0v) is 11.8. The van der Waals surface area contributed by atoms with E-state index in [0.29, 0.717) is 5.78 Å². The largest absolute Gasteiger partial charge is 0.294 e. The minimum absolute atomic E-state index is 0.0422. The molecule has 0 saturated heterocycles. The Kier molecular flexibility index (Phi) is 2.30. The lowest BCUT2D eigenvalue weighted by atomic mass is 9.48. The molecule has 18 heavy (non-hydrogen) atoms. The molecule has 0 aliphatic heterocycles. The van der Waals surface area contributed by atoms with E-state index in [-0.39, 0.29) is 5.41 Å². The quantitative estimate of drug-likeness (QED) is 0.718. The molecule has 1 heterocycles. The van der Waals surface area contributed by atoms with Gasteiger partial charge in [-0.3, -0.25) is 4.79 Å². The highest BCUT2D eigenvalue weighted by Gasteiger charge is 2.54. The number of Topliss-reactive ketones (excluding diaryl/α,β-unsaturated/α-hetero) is 1.